The number of esters is 1. The summed E-state index contributed by atoms with van der Waals surface area (Å²) in [5.74, 6) is 1.06. The molecule has 0 aliphatic carbocycles. The second-order valence-electron chi connectivity index (χ2n) is 2.43. The number of hydrogen-bond acceptors (Lipinski definition) is 3. The van der Waals surface area contributed by atoms with E-state index in [1.807, 2.05) is 0 Å². The summed E-state index contributed by atoms with van der Waals surface area (Å²) in [4.78, 5) is 14.6. The summed E-state index contributed by atoms with van der Waals surface area (Å²) in [6.07, 6.45) is 4.38. The van der Waals surface area contributed by atoms with Gasteiger partial charge in [0.15, 0.2) is 6.61 Å². The molecule has 0 N–H and O–H groups in total. The van der Waals surface area contributed by atoms with Gasteiger partial charge in [-0.05, 0) is 12.1 Å². The van der Waals surface area contributed by atoms with Crippen LogP contribution >= 0.6 is 0 Å². The Morgan fingerprint density at radius 2 is 2.50 bits per heavy atom. The van der Waals surface area contributed by atoms with E-state index in [-0.39, 0.29) is 12.3 Å². The molecular formula is C10H8FNO2. The minimum Gasteiger partial charge on any atom is -0.450 e. The number of carbonyl (C=O) groups excluding carboxylic acids is 1. The third kappa shape index (κ3) is 2.56. The maximum atomic E-state index is 13.2. The Hall–Kier alpha value is -1.89. The first kappa shape index (κ1) is 10.2. The van der Waals surface area contributed by atoms with Crippen molar-refractivity contribution in [2.24, 2.45) is 0 Å². The predicted molar refractivity (Wildman–Crippen MR) is 47.9 cm³/mol. The monoisotopic (exact) mass is 193 g/mol. The Morgan fingerprint density at radius 3 is 3.07 bits per heavy atom. The van der Waals surface area contributed by atoms with Crippen molar-refractivity contribution in [3.63, 3.8) is 0 Å². The molecule has 72 valence electrons. The first-order chi connectivity index (χ1) is 6.75. The molecular weight excluding hydrogens is 185 g/mol. The van der Waals surface area contributed by atoms with E-state index in [2.05, 4.69) is 15.6 Å². The van der Waals surface area contributed by atoms with Crippen LogP contribution < -0.4 is 0 Å². The molecule has 0 amide bonds. The fraction of sp³-hybridized carbons (Fsp3) is 0.200. The van der Waals surface area contributed by atoms with Gasteiger partial charge in [0, 0.05) is 6.20 Å². The molecule has 3 nitrogen and oxygen atoms in total. The van der Waals surface area contributed by atoms with Crippen LogP contribution in [0.4, 0.5) is 4.39 Å². The zero-order valence-electron chi connectivity index (χ0n) is 7.31. The first-order valence-corrected chi connectivity index (χ1v) is 3.91. The fourth-order valence-corrected chi connectivity index (χ4v) is 0.833. The quantitative estimate of drug-likeness (QED) is 0.536. The Kier molecular flexibility index (Phi) is 3.62. The standard InChI is InChI=1S/C10H8FNO2/c1-2-7-14-10(13)9(11)8-5-3-4-6-12-8/h1,3-6,9H,7H2. The van der Waals surface area contributed by atoms with Crippen LogP contribution in [0.3, 0.4) is 0 Å². The molecule has 14 heavy (non-hydrogen) atoms. The van der Waals surface area contributed by atoms with Gasteiger partial charge in [-0.3, -0.25) is 4.98 Å². The van der Waals surface area contributed by atoms with E-state index in [1.54, 1.807) is 12.1 Å². The van der Waals surface area contributed by atoms with Gasteiger partial charge in [0.2, 0.25) is 6.17 Å². The number of rotatable bonds is 3. The molecule has 0 bridgehead atoms. The van der Waals surface area contributed by atoms with Crippen LogP contribution in [0.2, 0.25) is 0 Å². The molecule has 0 aliphatic rings. The van der Waals surface area contributed by atoms with Crippen LogP contribution in [-0.4, -0.2) is 17.6 Å². The molecule has 1 rings (SSSR count). The van der Waals surface area contributed by atoms with E-state index in [1.165, 1.54) is 12.3 Å². The highest BCUT2D eigenvalue weighted by atomic mass is 19.1. The van der Waals surface area contributed by atoms with Gasteiger partial charge in [-0.15, -0.1) is 6.42 Å². The number of carbonyl (C=O) groups is 1. The Morgan fingerprint density at radius 1 is 1.71 bits per heavy atom. The van der Waals surface area contributed by atoms with E-state index < -0.39 is 12.1 Å². The van der Waals surface area contributed by atoms with Crippen LogP contribution in [0.1, 0.15) is 11.9 Å². The summed E-state index contributed by atoms with van der Waals surface area (Å²) in [7, 11) is 0. The summed E-state index contributed by atoms with van der Waals surface area (Å²) in [6.45, 7) is -0.230. The Bertz CT molecular complexity index is 345. The van der Waals surface area contributed by atoms with Gasteiger partial charge in [0.05, 0.1) is 5.69 Å². The number of halogens is 1. The lowest BCUT2D eigenvalue weighted by atomic mass is 10.2. The highest BCUT2D eigenvalue weighted by molar-refractivity contribution is 5.75. The molecule has 1 heterocycles. The number of ether oxygens (including phenoxy) is 1. The molecule has 1 aromatic rings. The molecule has 0 spiro atoms. The predicted octanol–water partition coefficient (Wildman–Crippen LogP) is 1.27. The van der Waals surface area contributed by atoms with Crippen molar-refractivity contribution in [2.75, 3.05) is 6.61 Å². The van der Waals surface area contributed by atoms with Crippen molar-refractivity contribution in [3.8, 4) is 12.3 Å². The van der Waals surface area contributed by atoms with Crippen LogP contribution in [0.25, 0.3) is 0 Å². The van der Waals surface area contributed by atoms with Gasteiger partial charge in [-0.2, -0.15) is 0 Å². The van der Waals surface area contributed by atoms with Crippen LogP contribution in [-0.2, 0) is 9.53 Å². The Labute approximate surface area is 80.9 Å². The second kappa shape index (κ2) is 4.97. The first-order valence-electron chi connectivity index (χ1n) is 3.91. The molecule has 0 radical (unpaired) electrons. The number of terminal acetylenes is 1. The van der Waals surface area contributed by atoms with Crippen LogP contribution in [0.5, 0.6) is 0 Å². The fourth-order valence-electron chi connectivity index (χ4n) is 0.833. The minimum absolute atomic E-state index is 0.0227. The molecule has 1 unspecified atom stereocenters. The van der Waals surface area contributed by atoms with E-state index in [4.69, 9.17) is 6.42 Å². The maximum Gasteiger partial charge on any atom is 0.348 e. The van der Waals surface area contributed by atoms with E-state index in [0.29, 0.717) is 0 Å². The summed E-state index contributed by atoms with van der Waals surface area (Å²) >= 11 is 0. The van der Waals surface area contributed by atoms with E-state index >= 15 is 0 Å². The van der Waals surface area contributed by atoms with Crippen molar-refractivity contribution in [3.05, 3.63) is 30.1 Å². The minimum atomic E-state index is -1.87. The summed E-state index contributed by atoms with van der Waals surface area (Å²) in [5.41, 5.74) is 0.0227. The van der Waals surface area contributed by atoms with Gasteiger partial charge >= 0.3 is 5.97 Å². The van der Waals surface area contributed by atoms with Crippen molar-refractivity contribution >= 4 is 5.97 Å². The molecule has 1 aromatic heterocycles. The lowest BCUT2D eigenvalue weighted by molar-refractivity contribution is -0.148. The third-order valence-electron chi connectivity index (χ3n) is 1.45. The van der Waals surface area contributed by atoms with Crippen molar-refractivity contribution < 1.29 is 13.9 Å². The van der Waals surface area contributed by atoms with E-state index in [0.717, 1.165) is 0 Å². The van der Waals surface area contributed by atoms with Gasteiger partial charge in [-0.1, -0.05) is 12.0 Å². The van der Waals surface area contributed by atoms with Crippen molar-refractivity contribution in [1.29, 1.82) is 0 Å². The molecule has 0 aromatic carbocycles. The smallest absolute Gasteiger partial charge is 0.348 e. The lowest BCUT2D eigenvalue weighted by Gasteiger charge is -2.05. The van der Waals surface area contributed by atoms with Gasteiger partial charge in [0.25, 0.3) is 0 Å². The normalized spacial score (nSPS) is 11.4. The largest absolute Gasteiger partial charge is 0.450 e. The van der Waals surface area contributed by atoms with Crippen LogP contribution in [0.15, 0.2) is 24.4 Å². The zero-order chi connectivity index (χ0) is 10.4. The second-order valence-corrected chi connectivity index (χ2v) is 2.43. The Balaban J connectivity index is 2.62. The average Bonchev–Trinajstić information content (AvgIpc) is 2.26. The molecule has 4 heteroatoms. The van der Waals surface area contributed by atoms with Crippen molar-refractivity contribution in [2.45, 2.75) is 6.17 Å². The molecule has 0 saturated carbocycles. The molecule has 0 aliphatic heterocycles. The average molecular weight is 193 g/mol. The SMILES string of the molecule is C#CCOC(=O)C(F)c1ccccn1. The highest BCUT2D eigenvalue weighted by Gasteiger charge is 2.21. The van der Waals surface area contributed by atoms with Gasteiger partial charge in [-0.25, -0.2) is 9.18 Å². The molecule has 1 atom stereocenters. The molecule has 0 fully saturated rings. The number of pyridine rings is 1. The summed E-state index contributed by atoms with van der Waals surface area (Å²) < 4.78 is 17.7. The molecule has 0 saturated heterocycles. The van der Waals surface area contributed by atoms with Crippen molar-refractivity contribution in [1.82, 2.24) is 4.98 Å². The van der Waals surface area contributed by atoms with E-state index in [9.17, 15) is 9.18 Å². The van der Waals surface area contributed by atoms with Crippen LogP contribution in [0, 0.1) is 12.3 Å². The highest BCUT2D eigenvalue weighted by Crippen LogP contribution is 2.15. The van der Waals surface area contributed by atoms with Gasteiger partial charge < -0.3 is 4.74 Å². The zero-order valence-corrected chi connectivity index (χ0v) is 7.31. The lowest BCUT2D eigenvalue weighted by Crippen LogP contribution is -2.13. The maximum absolute atomic E-state index is 13.2. The summed E-state index contributed by atoms with van der Waals surface area (Å²) in [6, 6.07) is 4.62. The topological polar surface area (TPSA) is 39.2 Å². The summed E-state index contributed by atoms with van der Waals surface area (Å²) in [5, 5.41) is 0. The number of hydrogen-bond donors (Lipinski definition) is 0. The third-order valence-corrected chi connectivity index (χ3v) is 1.45. The van der Waals surface area contributed by atoms with Gasteiger partial charge in [0.1, 0.15) is 0 Å². The number of aromatic nitrogens is 1. The number of alkyl halides is 1. The number of nitrogens with zero attached hydrogens (tertiary/aromatic N) is 1.